The molecule has 2 rings (SSSR count). The van der Waals surface area contributed by atoms with Gasteiger partial charge in [-0.3, -0.25) is 14.4 Å². The summed E-state index contributed by atoms with van der Waals surface area (Å²) in [6, 6.07) is 7.04. The van der Waals surface area contributed by atoms with Gasteiger partial charge in [0.1, 0.15) is 0 Å². The first-order valence-corrected chi connectivity index (χ1v) is 7.82. The zero-order valence-corrected chi connectivity index (χ0v) is 13.8. The van der Waals surface area contributed by atoms with Gasteiger partial charge in [-0.1, -0.05) is 13.8 Å². The highest BCUT2D eigenvalue weighted by Crippen LogP contribution is 2.26. The van der Waals surface area contributed by atoms with E-state index >= 15 is 0 Å². The third-order valence-corrected chi connectivity index (χ3v) is 3.68. The molecule has 23 heavy (non-hydrogen) atoms. The number of carbonyl (C=O) groups excluding carboxylic acids is 3. The number of hydrogen-bond acceptors (Lipinski definition) is 3. The molecule has 0 radical (unpaired) electrons. The van der Waals surface area contributed by atoms with Crippen LogP contribution in [-0.4, -0.2) is 30.8 Å². The molecule has 0 aliphatic carbocycles. The number of carbonyl (C=O) groups is 3. The third kappa shape index (κ3) is 4.55. The Labute approximate surface area is 136 Å². The van der Waals surface area contributed by atoms with Crippen LogP contribution in [-0.2, 0) is 14.4 Å². The molecule has 0 aromatic heterocycles. The third-order valence-electron chi connectivity index (χ3n) is 3.68. The molecule has 2 N–H and O–H groups in total. The maximum atomic E-state index is 12.2. The van der Waals surface area contributed by atoms with Gasteiger partial charge in [0.05, 0.1) is 5.92 Å². The van der Waals surface area contributed by atoms with Gasteiger partial charge in [-0.2, -0.15) is 0 Å². The van der Waals surface area contributed by atoms with E-state index in [0.717, 1.165) is 5.69 Å². The minimum atomic E-state index is -0.309. The molecule has 0 saturated carbocycles. The van der Waals surface area contributed by atoms with E-state index in [2.05, 4.69) is 10.6 Å². The summed E-state index contributed by atoms with van der Waals surface area (Å²) in [5, 5.41) is 5.56. The van der Waals surface area contributed by atoms with Crippen molar-refractivity contribution in [3.05, 3.63) is 24.3 Å². The molecular formula is C17H23N3O3. The molecule has 1 heterocycles. The van der Waals surface area contributed by atoms with Crippen LogP contribution in [0, 0.1) is 11.8 Å². The number of rotatable bonds is 5. The van der Waals surface area contributed by atoms with Crippen molar-refractivity contribution in [1.82, 2.24) is 5.32 Å². The van der Waals surface area contributed by atoms with Gasteiger partial charge in [0.15, 0.2) is 0 Å². The second-order valence-electron chi connectivity index (χ2n) is 6.27. The highest BCUT2D eigenvalue weighted by Gasteiger charge is 2.34. The molecule has 0 bridgehead atoms. The zero-order valence-electron chi connectivity index (χ0n) is 13.8. The predicted octanol–water partition coefficient (Wildman–Crippen LogP) is 1.77. The van der Waals surface area contributed by atoms with E-state index in [0.29, 0.717) is 24.7 Å². The van der Waals surface area contributed by atoms with E-state index in [1.54, 1.807) is 29.2 Å². The van der Waals surface area contributed by atoms with Crippen molar-refractivity contribution in [3.63, 3.8) is 0 Å². The summed E-state index contributed by atoms with van der Waals surface area (Å²) in [7, 11) is 0. The van der Waals surface area contributed by atoms with Crippen LogP contribution < -0.4 is 15.5 Å². The number of anilines is 2. The summed E-state index contributed by atoms with van der Waals surface area (Å²) in [6.07, 6.45) is 0.234. The normalized spacial score (nSPS) is 17.5. The number of hydrogen-bond donors (Lipinski definition) is 2. The molecular weight excluding hydrogens is 294 g/mol. The Hall–Kier alpha value is -2.37. The molecule has 6 heteroatoms. The minimum Gasteiger partial charge on any atom is -0.356 e. The minimum absolute atomic E-state index is 0.0537. The van der Waals surface area contributed by atoms with Crippen LogP contribution in [0.25, 0.3) is 0 Å². The van der Waals surface area contributed by atoms with Gasteiger partial charge >= 0.3 is 0 Å². The molecule has 1 fully saturated rings. The van der Waals surface area contributed by atoms with Gasteiger partial charge in [0.2, 0.25) is 17.7 Å². The molecule has 1 saturated heterocycles. The number of nitrogens with one attached hydrogen (secondary N) is 2. The fourth-order valence-corrected chi connectivity index (χ4v) is 2.51. The highest BCUT2D eigenvalue weighted by atomic mass is 16.2. The van der Waals surface area contributed by atoms with Crippen molar-refractivity contribution in [3.8, 4) is 0 Å². The Balaban J connectivity index is 1.99. The molecule has 1 aromatic rings. The van der Waals surface area contributed by atoms with Gasteiger partial charge < -0.3 is 15.5 Å². The zero-order chi connectivity index (χ0) is 17.0. The molecule has 6 nitrogen and oxygen atoms in total. The van der Waals surface area contributed by atoms with Gasteiger partial charge in [0, 0.05) is 37.8 Å². The van der Waals surface area contributed by atoms with Crippen molar-refractivity contribution in [2.45, 2.75) is 27.2 Å². The number of benzene rings is 1. The average molecular weight is 317 g/mol. The first-order valence-electron chi connectivity index (χ1n) is 7.82. The Morgan fingerprint density at radius 3 is 2.48 bits per heavy atom. The monoisotopic (exact) mass is 317 g/mol. The van der Waals surface area contributed by atoms with Crippen LogP contribution >= 0.6 is 0 Å². The van der Waals surface area contributed by atoms with E-state index in [4.69, 9.17) is 0 Å². The van der Waals surface area contributed by atoms with Crippen LogP contribution in [0.4, 0.5) is 11.4 Å². The van der Waals surface area contributed by atoms with Crippen LogP contribution in [0.2, 0.25) is 0 Å². The van der Waals surface area contributed by atoms with Crippen molar-refractivity contribution in [1.29, 1.82) is 0 Å². The maximum absolute atomic E-state index is 12.2. The number of amides is 3. The molecule has 124 valence electrons. The summed E-state index contributed by atoms with van der Waals surface area (Å²) < 4.78 is 0. The van der Waals surface area contributed by atoms with Gasteiger partial charge in [0.25, 0.3) is 0 Å². The van der Waals surface area contributed by atoms with Gasteiger partial charge in [-0.15, -0.1) is 0 Å². The van der Waals surface area contributed by atoms with Crippen LogP contribution in [0.5, 0.6) is 0 Å². The lowest BCUT2D eigenvalue weighted by atomic mass is 10.1. The van der Waals surface area contributed by atoms with E-state index in [1.165, 1.54) is 6.92 Å². The topological polar surface area (TPSA) is 78.5 Å². The van der Waals surface area contributed by atoms with E-state index in [1.807, 2.05) is 13.8 Å². The van der Waals surface area contributed by atoms with Crippen molar-refractivity contribution in [2.75, 3.05) is 23.3 Å². The standard InChI is InChI=1S/C17H23N3O3/c1-11(2)9-18-17(23)13-8-16(22)20(10-13)15-6-4-14(5-7-15)19-12(3)21/h4-7,11,13H,8-10H2,1-3H3,(H,18,23)(H,19,21)/t13-/m1/s1. The second-order valence-corrected chi connectivity index (χ2v) is 6.27. The maximum Gasteiger partial charge on any atom is 0.227 e. The molecule has 1 atom stereocenters. The van der Waals surface area contributed by atoms with E-state index in [-0.39, 0.29) is 30.1 Å². The molecule has 1 aliphatic heterocycles. The fourth-order valence-electron chi connectivity index (χ4n) is 2.51. The van der Waals surface area contributed by atoms with Crippen LogP contribution in [0.15, 0.2) is 24.3 Å². The molecule has 3 amide bonds. The Morgan fingerprint density at radius 1 is 1.26 bits per heavy atom. The Kier molecular flexibility index (Phi) is 5.36. The van der Waals surface area contributed by atoms with Crippen LogP contribution in [0.1, 0.15) is 27.2 Å². The number of nitrogens with zero attached hydrogens (tertiary/aromatic N) is 1. The van der Waals surface area contributed by atoms with E-state index < -0.39 is 0 Å². The Bertz CT molecular complexity index is 596. The first kappa shape index (κ1) is 17.0. The van der Waals surface area contributed by atoms with Crippen LogP contribution in [0.3, 0.4) is 0 Å². The predicted molar refractivity (Wildman–Crippen MR) is 89.1 cm³/mol. The highest BCUT2D eigenvalue weighted by molar-refractivity contribution is 6.00. The lowest BCUT2D eigenvalue weighted by molar-refractivity contribution is -0.126. The lowest BCUT2D eigenvalue weighted by Gasteiger charge is -2.17. The average Bonchev–Trinajstić information content (AvgIpc) is 2.87. The first-order chi connectivity index (χ1) is 10.9. The van der Waals surface area contributed by atoms with Gasteiger partial charge in [-0.25, -0.2) is 0 Å². The quantitative estimate of drug-likeness (QED) is 0.869. The fraction of sp³-hybridized carbons (Fsp3) is 0.471. The van der Waals surface area contributed by atoms with Gasteiger partial charge in [-0.05, 0) is 30.2 Å². The Morgan fingerprint density at radius 2 is 1.91 bits per heavy atom. The SMILES string of the molecule is CC(=O)Nc1ccc(N2C[C@H](C(=O)NCC(C)C)CC2=O)cc1. The largest absolute Gasteiger partial charge is 0.356 e. The lowest BCUT2D eigenvalue weighted by Crippen LogP contribution is -2.35. The smallest absolute Gasteiger partial charge is 0.227 e. The summed E-state index contributed by atoms with van der Waals surface area (Å²) in [4.78, 5) is 36.9. The van der Waals surface area contributed by atoms with Crippen molar-refractivity contribution in [2.24, 2.45) is 11.8 Å². The second kappa shape index (κ2) is 7.26. The molecule has 0 spiro atoms. The van der Waals surface area contributed by atoms with Crippen molar-refractivity contribution < 1.29 is 14.4 Å². The molecule has 1 aromatic carbocycles. The molecule has 1 aliphatic rings. The summed E-state index contributed by atoms with van der Waals surface area (Å²) in [6.45, 7) is 6.52. The summed E-state index contributed by atoms with van der Waals surface area (Å²) in [5.41, 5.74) is 1.42. The molecule has 0 unspecified atom stereocenters. The van der Waals surface area contributed by atoms with E-state index in [9.17, 15) is 14.4 Å². The van der Waals surface area contributed by atoms with Crippen molar-refractivity contribution >= 4 is 29.1 Å². The summed E-state index contributed by atoms with van der Waals surface area (Å²) in [5.74, 6) is -0.187. The summed E-state index contributed by atoms with van der Waals surface area (Å²) >= 11 is 0.